The second kappa shape index (κ2) is 15.6. The molecule has 0 aromatic carbocycles. The first-order valence-electron chi connectivity index (χ1n) is 13.4. The number of aliphatic carboxylic acids is 2. The summed E-state index contributed by atoms with van der Waals surface area (Å²) in [6.07, 6.45) is -3.11. The summed E-state index contributed by atoms with van der Waals surface area (Å²) in [6, 6.07) is 8.31. The highest BCUT2D eigenvalue weighted by Gasteiger charge is 2.38. The molecule has 1 aliphatic heterocycles. The lowest BCUT2D eigenvalue weighted by Gasteiger charge is -2.32. The zero-order chi connectivity index (χ0) is 33.2. The number of carboxylic acids is 2. The fourth-order valence-corrected chi connectivity index (χ4v) is 3.93. The number of alkyl halides is 6. The Morgan fingerprint density at radius 1 is 0.932 bits per heavy atom. The number of fused-ring (bicyclic) bond motifs is 1. The number of aromatic nitrogens is 3. The molecule has 1 aliphatic rings. The number of carbonyl (C=O) groups is 3. The molecule has 17 heteroatoms. The maximum absolute atomic E-state index is 12.9. The van der Waals surface area contributed by atoms with Gasteiger partial charge in [0.2, 0.25) is 0 Å². The van der Waals surface area contributed by atoms with Crippen molar-refractivity contribution in [3.8, 4) is 11.4 Å². The predicted octanol–water partition coefficient (Wildman–Crippen LogP) is 4.02. The highest BCUT2D eigenvalue weighted by Crippen LogP contribution is 2.24. The number of hydrogen-bond donors (Lipinski definition) is 3. The third-order valence-corrected chi connectivity index (χ3v) is 6.35. The van der Waals surface area contributed by atoms with Crippen molar-refractivity contribution < 1.29 is 50.9 Å². The van der Waals surface area contributed by atoms with Crippen LogP contribution in [0.25, 0.3) is 16.9 Å². The van der Waals surface area contributed by atoms with Crippen molar-refractivity contribution in [3.05, 3.63) is 48.5 Å². The quantitative estimate of drug-likeness (QED) is 0.262. The van der Waals surface area contributed by atoms with Gasteiger partial charge < -0.3 is 29.9 Å². The van der Waals surface area contributed by atoms with Crippen LogP contribution in [0.5, 0.6) is 0 Å². The molecule has 1 saturated heterocycles. The predicted molar refractivity (Wildman–Crippen MR) is 147 cm³/mol. The van der Waals surface area contributed by atoms with Crippen molar-refractivity contribution in [1.29, 1.82) is 0 Å². The van der Waals surface area contributed by atoms with Crippen molar-refractivity contribution in [2.45, 2.75) is 38.7 Å². The molecule has 0 bridgehead atoms. The van der Waals surface area contributed by atoms with Crippen LogP contribution in [0.2, 0.25) is 0 Å². The van der Waals surface area contributed by atoms with E-state index in [9.17, 15) is 31.1 Å². The van der Waals surface area contributed by atoms with E-state index in [0.29, 0.717) is 18.3 Å². The van der Waals surface area contributed by atoms with Crippen LogP contribution >= 0.6 is 0 Å². The fourth-order valence-electron chi connectivity index (χ4n) is 3.93. The lowest BCUT2D eigenvalue weighted by Crippen LogP contribution is -2.45. The Kier molecular flexibility index (Phi) is 12.8. The monoisotopic (exact) mass is 636 g/mol. The molecule has 0 atom stereocenters. The molecular weight excluding hydrogens is 602 g/mol. The van der Waals surface area contributed by atoms with Crippen LogP contribution in [0.3, 0.4) is 0 Å². The van der Waals surface area contributed by atoms with Gasteiger partial charge in [0.25, 0.3) is 5.91 Å². The van der Waals surface area contributed by atoms with E-state index in [1.54, 1.807) is 0 Å². The largest absolute Gasteiger partial charge is 0.490 e. The van der Waals surface area contributed by atoms with E-state index in [1.165, 1.54) is 0 Å². The molecule has 0 unspecified atom stereocenters. The number of nitrogens with zero attached hydrogens (tertiary/aromatic N) is 5. The van der Waals surface area contributed by atoms with Crippen LogP contribution < -0.4 is 5.32 Å². The van der Waals surface area contributed by atoms with Gasteiger partial charge in [0, 0.05) is 62.9 Å². The van der Waals surface area contributed by atoms with Gasteiger partial charge in [0.05, 0.1) is 5.52 Å². The summed E-state index contributed by atoms with van der Waals surface area (Å²) in [5.41, 5.74) is 2.34. The number of rotatable bonds is 7. The summed E-state index contributed by atoms with van der Waals surface area (Å²) in [5.74, 6) is -4.82. The van der Waals surface area contributed by atoms with E-state index < -0.39 is 24.3 Å². The van der Waals surface area contributed by atoms with E-state index in [4.69, 9.17) is 24.8 Å². The first-order chi connectivity index (χ1) is 20.4. The number of nitrogens with one attached hydrogen (secondary N) is 1. The molecule has 3 N–H and O–H groups in total. The minimum atomic E-state index is -5.08. The van der Waals surface area contributed by atoms with Crippen LogP contribution in [0.4, 0.5) is 26.3 Å². The lowest BCUT2D eigenvalue weighted by atomic mass is 10.3. The van der Waals surface area contributed by atoms with E-state index in [-0.39, 0.29) is 5.91 Å². The zero-order valence-corrected chi connectivity index (χ0v) is 24.2. The smallest absolute Gasteiger partial charge is 0.475 e. The zero-order valence-electron chi connectivity index (χ0n) is 24.2. The summed E-state index contributed by atoms with van der Waals surface area (Å²) in [7, 11) is 2.17. The summed E-state index contributed by atoms with van der Waals surface area (Å²) < 4.78 is 67.6. The van der Waals surface area contributed by atoms with E-state index in [2.05, 4.69) is 59.0 Å². The van der Waals surface area contributed by atoms with Crippen molar-refractivity contribution in [1.82, 2.24) is 29.1 Å². The van der Waals surface area contributed by atoms with Crippen LogP contribution in [-0.2, 0) is 9.59 Å². The molecule has 0 saturated carbocycles. The van der Waals surface area contributed by atoms with Gasteiger partial charge in [-0.25, -0.2) is 14.6 Å². The molecular formula is C27H34F6N6O5. The summed E-state index contributed by atoms with van der Waals surface area (Å²) in [6.45, 7) is 10.4. The van der Waals surface area contributed by atoms with Gasteiger partial charge in [-0.3, -0.25) is 9.20 Å². The third-order valence-electron chi connectivity index (χ3n) is 6.35. The average Bonchev–Trinajstić information content (AvgIpc) is 3.57. The number of carbonyl (C=O) groups excluding carboxylic acids is 1. The van der Waals surface area contributed by atoms with E-state index in [0.717, 1.165) is 56.0 Å². The van der Waals surface area contributed by atoms with Crippen molar-refractivity contribution in [3.63, 3.8) is 0 Å². The van der Waals surface area contributed by atoms with E-state index >= 15 is 0 Å². The van der Waals surface area contributed by atoms with Gasteiger partial charge in [-0.1, -0.05) is 6.07 Å². The molecule has 1 amide bonds. The molecule has 0 spiro atoms. The highest BCUT2D eigenvalue weighted by atomic mass is 19.4. The molecule has 4 rings (SSSR count). The first-order valence-corrected chi connectivity index (χ1v) is 13.4. The Labute approximate surface area is 248 Å². The summed E-state index contributed by atoms with van der Waals surface area (Å²) in [4.78, 5) is 40.2. The van der Waals surface area contributed by atoms with Gasteiger partial charge in [-0.05, 0) is 52.1 Å². The van der Waals surface area contributed by atoms with Gasteiger partial charge >= 0.3 is 24.3 Å². The maximum Gasteiger partial charge on any atom is 0.490 e. The normalized spacial score (nSPS) is 14.4. The molecule has 11 nitrogen and oxygen atoms in total. The summed E-state index contributed by atoms with van der Waals surface area (Å²) >= 11 is 0. The minimum Gasteiger partial charge on any atom is -0.475 e. The SMILES string of the molecule is CC(C)n1ccc(-c2nc(C(=O)NCCCN3CCN(C)CC3)c3ccccn23)c1.O=C(O)C(F)(F)F.O=C(O)C(F)(F)F. The van der Waals surface area contributed by atoms with Gasteiger partial charge in [0.15, 0.2) is 5.69 Å². The van der Waals surface area contributed by atoms with Crippen LogP contribution in [0.1, 0.15) is 36.8 Å². The molecule has 44 heavy (non-hydrogen) atoms. The van der Waals surface area contributed by atoms with Gasteiger partial charge in [-0.15, -0.1) is 0 Å². The second-order valence-corrected chi connectivity index (χ2v) is 10.0. The Bertz CT molecular complexity index is 1370. The average molecular weight is 637 g/mol. The molecule has 3 aromatic rings. The Morgan fingerprint density at radius 3 is 2.00 bits per heavy atom. The first kappa shape index (κ1) is 36.1. The topological polar surface area (TPSA) is 132 Å². The Hall–Kier alpha value is -4.12. The minimum absolute atomic E-state index is 0.105. The standard InChI is InChI=1S/C23H32N6O.2C2HF3O2/c1-18(2)28-12-8-19(17-28)22-25-21(20-7-4-5-11-29(20)22)23(30)24-9-6-10-27-15-13-26(3)14-16-27;2*3-2(4,5)1(6)7/h4-5,7-8,11-12,17-18H,6,9-10,13-16H2,1-3H3,(H,24,30);2*(H,6,7). The molecule has 1 fully saturated rings. The lowest BCUT2D eigenvalue weighted by molar-refractivity contribution is -0.193. The third kappa shape index (κ3) is 10.9. The highest BCUT2D eigenvalue weighted by molar-refractivity contribution is 6.00. The van der Waals surface area contributed by atoms with E-state index in [1.807, 2.05) is 28.8 Å². The van der Waals surface area contributed by atoms with Gasteiger partial charge in [0.1, 0.15) is 5.82 Å². The molecule has 3 aromatic heterocycles. The van der Waals surface area contributed by atoms with Crippen molar-refractivity contribution in [2.75, 3.05) is 46.3 Å². The molecule has 4 heterocycles. The second-order valence-electron chi connectivity index (χ2n) is 10.0. The molecule has 244 valence electrons. The number of piperazine rings is 1. The fraction of sp³-hybridized carbons (Fsp3) is 0.481. The number of halogens is 6. The van der Waals surface area contributed by atoms with Gasteiger partial charge in [-0.2, -0.15) is 26.3 Å². The van der Waals surface area contributed by atoms with Crippen molar-refractivity contribution in [2.24, 2.45) is 0 Å². The number of carboxylic acid groups (broad SMARTS) is 2. The number of imidazole rings is 1. The number of amides is 1. The maximum atomic E-state index is 12.9. The Balaban J connectivity index is 0.000000402. The number of hydrogen-bond acceptors (Lipinski definition) is 6. The number of pyridine rings is 1. The number of likely N-dealkylation sites (N-methyl/N-ethyl adjacent to an activating group) is 1. The van der Waals surface area contributed by atoms with Crippen molar-refractivity contribution >= 4 is 23.4 Å². The summed E-state index contributed by atoms with van der Waals surface area (Å²) in [5, 5.41) is 17.3. The molecule has 0 aliphatic carbocycles. The van der Waals surface area contributed by atoms with Crippen LogP contribution in [0.15, 0.2) is 42.9 Å². The Morgan fingerprint density at radius 2 is 1.50 bits per heavy atom. The van der Waals surface area contributed by atoms with Crippen LogP contribution in [0, 0.1) is 0 Å². The molecule has 0 radical (unpaired) electrons. The van der Waals surface area contributed by atoms with Crippen LogP contribution in [-0.4, -0.2) is 110 Å².